The normalized spacial score (nSPS) is 17.6. The monoisotopic (exact) mass is 244 g/mol. The number of amides is 2. The zero-order chi connectivity index (χ0) is 12.5. The molecule has 1 atom stereocenters. The number of rotatable bonds is 2. The summed E-state index contributed by atoms with van der Waals surface area (Å²) in [4.78, 5) is 11.7. The number of methoxy groups -OCH3 is 1. The molecule has 2 N–H and O–H groups in total. The Labute approximate surface area is 104 Å². The van der Waals surface area contributed by atoms with Gasteiger partial charge in [-0.1, -0.05) is 12.1 Å². The smallest absolute Gasteiger partial charge is 0.320 e. The number of ether oxygens (including phenoxy) is 1. The molecule has 0 fully saturated rings. The van der Waals surface area contributed by atoms with Crippen molar-refractivity contribution in [2.45, 2.75) is 6.04 Å². The molecule has 0 spiro atoms. The first kappa shape index (κ1) is 10.7. The average Bonchev–Trinajstić information content (AvgIpc) is 2.90. The third kappa shape index (κ3) is 1.60. The number of benzene rings is 1. The lowest BCUT2D eigenvalue weighted by molar-refractivity contribution is 0.247. The summed E-state index contributed by atoms with van der Waals surface area (Å²) in [6, 6.07) is 8.68. The Morgan fingerprint density at radius 2 is 2.17 bits per heavy atom. The van der Waals surface area contributed by atoms with Crippen LogP contribution in [0.25, 0.3) is 0 Å². The van der Waals surface area contributed by atoms with Crippen molar-refractivity contribution in [1.29, 1.82) is 0 Å². The molecule has 2 aromatic rings. The van der Waals surface area contributed by atoms with Crippen LogP contribution in [-0.4, -0.2) is 13.1 Å². The summed E-state index contributed by atoms with van der Waals surface area (Å²) in [5.74, 6) is 1.33. The Bertz CT molecular complexity index is 578. The summed E-state index contributed by atoms with van der Waals surface area (Å²) in [6.07, 6.45) is 1.59. The van der Waals surface area contributed by atoms with Crippen LogP contribution in [0.15, 0.2) is 41.0 Å². The van der Waals surface area contributed by atoms with E-state index in [2.05, 4.69) is 10.6 Å². The predicted octanol–water partition coefficient (Wildman–Crippen LogP) is 2.51. The maximum Gasteiger partial charge on any atom is 0.320 e. The summed E-state index contributed by atoms with van der Waals surface area (Å²) in [6.45, 7) is 0. The minimum atomic E-state index is -0.293. The molecule has 5 nitrogen and oxygen atoms in total. The van der Waals surface area contributed by atoms with E-state index in [1.165, 1.54) is 0 Å². The fraction of sp³-hybridized carbons (Fsp3) is 0.154. The first-order valence-corrected chi connectivity index (χ1v) is 5.57. The van der Waals surface area contributed by atoms with Crippen LogP contribution in [0.5, 0.6) is 5.75 Å². The summed E-state index contributed by atoms with van der Waals surface area (Å²) < 4.78 is 10.6. The Balaban J connectivity index is 2.13. The van der Waals surface area contributed by atoms with Crippen LogP contribution in [0.3, 0.4) is 0 Å². The topological polar surface area (TPSA) is 63.5 Å². The molecule has 2 amide bonds. The molecule has 0 saturated carbocycles. The van der Waals surface area contributed by atoms with E-state index in [0.717, 1.165) is 5.56 Å². The summed E-state index contributed by atoms with van der Waals surface area (Å²) in [5.41, 5.74) is 1.61. The summed E-state index contributed by atoms with van der Waals surface area (Å²) >= 11 is 0. The van der Waals surface area contributed by atoms with Gasteiger partial charge in [0.25, 0.3) is 0 Å². The second-order valence-corrected chi connectivity index (χ2v) is 3.97. The fourth-order valence-corrected chi connectivity index (χ4v) is 2.13. The minimum absolute atomic E-state index is 0.270. The number of furan rings is 1. The number of hydrogen-bond acceptors (Lipinski definition) is 3. The van der Waals surface area contributed by atoms with Crippen molar-refractivity contribution in [2.75, 3.05) is 12.4 Å². The number of fused-ring (bicyclic) bond motifs is 1. The van der Waals surface area contributed by atoms with E-state index in [0.29, 0.717) is 17.2 Å². The van der Waals surface area contributed by atoms with Gasteiger partial charge in [-0.25, -0.2) is 4.79 Å². The van der Waals surface area contributed by atoms with Crippen molar-refractivity contribution in [1.82, 2.24) is 5.32 Å². The average molecular weight is 244 g/mol. The van der Waals surface area contributed by atoms with Gasteiger partial charge in [0.2, 0.25) is 0 Å². The molecule has 5 heteroatoms. The number of carbonyl (C=O) groups is 1. The Kier molecular flexibility index (Phi) is 2.44. The van der Waals surface area contributed by atoms with Crippen molar-refractivity contribution in [3.05, 3.63) is 47.9 Å². The molecular weight excluding hydrogens is 232 g/mol. The molecule has 1 aromatic heterocycles. The van der Waals surface area contributed by atoms with E-state index in [1.54, 1.807) is 19.4 Å². The van der Waals surface area contributed by atoms with E-state index in [4.69, 9.17) is 9.15 Å². The van der Waals surface area contributed by atoms with Crippen LogP contribution in [0, 0.1) is 0 Å². The predicted molar refractivity (Wildman–Crippen MR) is 65.7 cm³/mol. The molecule has 0 aliphatic carbocycles. The number of para-hydroxylation sites is 1. The van der Waals surface area contributed by atoms with Crippen molar-refractivity contribution in [2.24, 2.45) is 0 Å². The lowest BCUT2D eigenvalue weighted by atomic mass is 10.00. The third-order valence-corrected chi connectivity index (χ3v) is 2.93. The van der Waals surface area contributed by atoms with Gasteiger partial charge in [0.15, 0.2) is 0 Å². The Morgan fingerprint density at radius 3 is 2.89 bits per heavy atom. The second kappa shape index (κ2) is 4.10. The van der Waals surface area contributed by atoms with Crippen LogP contribution < -0.4 is 15.4 Å². The highest BCUT2D eigenvalue weighted by Gasteiger charge is 2.29. The van der Waals surface area contributed by atoms with Crippen LogP contribution in [0.2, 0.25) is 0 Å². The SMILES string of the molecule is COc1cccc2c1NC(=O)NC2c1ccco1. The maximum absolute atomic E-state index is 11.7. The number of hydrogen-bond donors (Lipinski definition) is 2. The highest BCUT2D eigenvalue weighted by molar-refractivity contribution is 5.95. The van der Waals surface area contributed by atoms with Crippen molar-refractivity contribution < 1.29 is 13.9 Å². The lowest BCUT2D eigenvalue weighted by Gasteiger charge is -2.27. The van der Waals surface area contributed by atoms with Gasteiger partial charge in [-0.15, -0.1) is 0 Å². The molecule has 1 aliphatic heterocycles. The molecule has 2 heterocycles. The van der Waals surface area contributed by atoms with Crippen LogP contribution in [-0.2, 0) is 0 Å². The second-order valence-electron chi connectivity index (χ2n) is 3.97. The minimum Gasteiger partial charge on any atom is -0.495 e. The van der Waals surface area contributed by atoms with Crippen LogP contribution in [0.4, 0.5) is 10.5 Å². The van der Waals surface area contributed by atoms with Gasteiger partial charge >= 0.3 is 6.03 Å². The zero-order valence-corrected chi connectivity index (χ0v) is 9.77. The van der Waals surface area contributed by atoms with Gasteiger partial charge in [-0.3, -0.25) is 0 Å². The standard InChI is InChI=1S/C13H12N2O3/c1-17-9-5-2-4-8-11(9)14-13(16)15-12(8)10-6-3-7-18-10/h2-7,12H,1H3,(H2,14,15,16). The first-order valence-electron chi connectivity index (χ1n) is 5.57. The molecule has 18 heavy (non-hydrogen) atoms. The van der Waals surface area contributed by atoms with Gasteiger partial charge < -0.3 is 19.8 Å². The van der Waals surface area contributed by atoms with E-state index in [-0.39, 0.29) is 12.1 Å². The quantitative estimate of drug-likeness (QED) is 0.853. The number of anilines is 1. The van der Waals surface area contributed by atoms with E-state index >= 15 is 0 Å². The van der Waals surface area contributed by atoms with Crippen LogP contribution >= 0.6 is 0 Å². The number of carbonyl (C=O) groups excluding carboxylic acids is 1. The Morgan fingerprint density at radius 1 is 1.28 bits per heavy atom. The van der Waals surface area contributed by atoms with E-state index < -0.39 is 0 Å². The largest absolute Gasteiger partial charge is 0.495 e. The van der Waals surface area contributed by atoms with E-state index in [9.17, 15) is 4.79 Å². The molecule has 3 rings (SSSR count). The molecule has 1 unspecified atom stereocenters. The van der Waals surface area contributed by atoms with Gasteiger partial charge in [0, 0.05) is 5.56 Å². The van der Waals surface area contributed by atoms with Gasteiger partial charge in [-0.05, 0) is 18.2 Å². The van der Waals surface area contributed by atoms with Crippen LogP contribution in [0.1, 0.15) is 17.4 Å². The molecular formula is C13H12N2O3. The van der Waals surface area contributed by atoms with Gasteiger partial charge in [-0.2, -0.15) is 0 Å². The zero-order valence-electron chi connectivity index (χ0n) is 9.77. The maximum atomic E-state index is 11.7. The van der Waals surface area contributed by atoms with Crippen molar-refractivity contribution in [3.63, 3.8) is 0 Å². The third-order valence-electron chi connectivity index (χ3n) is 2.93. The molecule has 0 radical (unpaired) electrons. The molecule has 0 saturated heterocycles. The molecule has 92 valence electrons. The van der Waals surface area contributed by atoms with Gasteiger partial charge in [0.1, 0.15) is 17.6 Å². The lowest BCUT2D eigenvalue weighted by Crippen LogP contribution is -2.38. The summed E-state index contributed by atoms with van der Waals surface area (Å²) in [5, 5.41) is 5.58. The molecule has 0 bridgehead atoms. The van der Waals surface area contributed by atoms with E-state index in [1.807, 2.05) is 24.3 Å². The highest BCUT2D eigenvalue weighted by Crippen LogP contribution is 2.37. The van der Waals surface area contributed by atoms with Gasteiger partial charge in [0.05, 0.1) is 19.1 Å². The Hall–Kier alpha value is -2.43. The first-order chi connectivity index (χ1) is 8.79. The van der Waals surface area contributed by atoms with Crippen molar-refractivity contribution in [3.8, 4) is 5.75 Å². The van der Waals surface area contributed by atoms with Crippen molar-refractivity contribution >= 4 is 11.7 Å². The summed E-state index contributed by atoms with van der Waals surface area (Å²) in [7, 11) is 1.58. The number of nitrogens with one attached hydrogen (secondary N) is 2. The fourth-order valence-electron chi connectivity index (χ4n) is 2.13. The highest BCUT2D eigenvalue weighted by atomic mass is 16.5. The molecule has 1 aromatic carbocycles. The molecule has 1 aliphatic rings. The number of urea groups is 1.